The second-order valence-electron chi connectivity index (χ2n) is 4.65. The molecule has 0 amide bonds. The summed E-state index contributed by atoms with van der Waals surface area (Å²) < 4.78 is 1.94. The van der Waals surface area contributed by atoms with Gasteiger partial charge in [-0.3, -0.25) is 4.68 Å². The smallest absolute Gasteiger partial charge is 0.0492 e. The first kappa shape index (κ1) is 11.2. The van der Waals surface area contributed by atoms with Gasteiger partial charge in [-0.05, 0) is 37.3 Å². The van der Waals surface area contributed by atoms with Crippen LogP contribution in [0.5, 0.6) is 0 Å². The highest BCUT2D eigenvalue weighted by Gasteiger charge is 2.16. The standard InChI is InChI=1S/C11H21N3/c1-11(2,7-8-12)6-4-10-5-9-13-14(10)3/h5,9H,4,6-8,12H2,1-3H3. The maximum atomic E-state index is 5.58. The van der Waals surface area contributed by atoms with Gasteiger partial charge in [-0.2, -0.15) is 5.10 Å². The predicted molar refractivity (Wildman–Crippen MR) is 59.0 cm³/mol. The van der Waals surface area contributed by atoms with Gasteiger partial charge in [0.25, 0.3) is 0 Å². The summed E-state index contributed by atoms with van der Waals surface area (Å²) in [6.45, 7) is 5.32. The van der Waals surface area contributed by atoms with E-state index in [0.29, 0.717) is 5.41 Å². The SMILES string of the molecule is Cn1nccc1CCC(C)(C)CCN. The number of hydrogen-bond acceptors (Lipinski definition) is 2. The van der Waals surface area contributed by atoms with Crippen LogP contribution in [0.2, 0.25) is 0 Å². The minimum atomic E-state index is 0.346. The molecular formula is C11H21N3. The molecule has 0 bridgehead atoms. The number of nitrogens with two attached hydrogens (primary N) is 1. The van der Waals surface area contributed by atoms with E-state index in [1.54, 1.807) is 0 Å². The number of nitrogens with zero attached hydrogens (tertiary/aromatic N) is 2. The van der Waals surface area contributed by atoms with E-state index in [-0.39, 0.29) is 0 Å². The molecule has 1 aromatic heterocycles. The van der Waals surface area contributed by atoms with E-state index in [2.05, 4.69) is 25.0 Å². The Kier molecular flexibility index (Phi) is 3.69. The fourth-order valence-corrected chi connectivity index (χ4v) is 1.63. The van der Waals surface area contributed by atoms with Gasteiger partial charge in [0.1, 0.15) is 0 Å². The predicted octanol–water partition coefficient (Wildman–Crippen LogP) is 1.73. The highest BCUT2D eigenvalue weighted by molar-refractivity contribution is 5.00. The van der Waals surface area contributed by atoms with Crippen LogP contribution in [0, 0.1) is 5.41 Å². The van der Waals surface area contributed by atoms with Crippen molar-refractivity contribution in [3.8, 4) is 0 Å². The van der Waals surface area contributed by atoms with Crippen molar-refractivity contribution in [3.63, 3.8) is 0 Å². The lowest BCUT2D eigenvalue weighted by Gasteiger charge is -2.23. The molecule has 80 valence electrons. The third kappa shape index (κ3) is 3.14. The van der Waals surface area contributed by atoms with E-state index < -0.39 is 0 Å². The number of aryl methyl sites for hydroxylation is 2. The van der Waals surface area contributed by atoms with E-state index in [1.807, 2.05) is 17.9 Å². The Morgan fingerprint density at radius 3 is 2.64 bits per heavy atom. The second-order valence-corrected chi connectivity index (χ2v) is 4.65. The molecule has 0 radical (unpaired) electrons. The van der Waals surface area contributed by atoms with Gasteiger partial charge in [0.2, 0.25) is 0 Å². The molecule has 0 saturated carbocycles. The molecule has 0 fully saturated rings. The molecule has 3 heteroatoms. The van der Waals surface area contributed by atoms with Crippen LogP contribution in [0.3, 0.4) is 0 Å². The van der Waals surface area contributed by atoms with Crippen LogP contribution in [0.25, 0.3) is 0 Å². The zero-order valence-corrected chi connectivity index (χ0v) is 9.45. The van der Waals surface area contributed by atoms with Crippen LogP contribution in [0.4, 0.5) is 0 Å². The minimum absolute atomic E-state index is 0.346. The molecule has 2 N–H and O–H groups in total. The van der Waals surface area contributed by atoms with Gasteiger partial charge < -0.3 is 5.73 Å². The molecule has 0 atom stereocenters. The molecule has 0 aliphatic carbocycles. The molecule has 14 heavy (non-hydrogen) atoms. The van der Waals surface area contributed by atoms with Crippen molar-refractivity contribution in [2.45, 2.75) is 33.1 Å². The summed E-state index contributed by atoms with van der Waals surface area (Å²) in [5.41, 5.74) is 7.22. The average molecular weight is 195 g/mol. The zero-order chi connectivity index (χ0) is 10.6. The molecule has 0 spiro atoms. The maximum Gasteiger partial charge on any atom is 0.0492 e. The maximum absolute atomic E-state index is 5.58. The third-order valence-electron chi connectivity index (χ3n) is 2.80. The van der Waals surface area contributed by atoms with Crippen molar-refractivity contribution in [2.75, 3.05) is 6.54 Å². The number of aromatic nitrogens is 2. The Hall–Kier alpha value is -0.830. The Morgan fingerprint density at radius 1 is 1.43 bits per heavy atom. The van der Waals surface area contributed by atoms with Crippen molar-refractivity contribution in [2.24, 2.45) is 18.2 Å². The Morgan fingerprint density at radius 2 is 2.14 bits per heavy atom. The van der Waals surface area contributed by atoms with Gasteiger partial charge in [-0.1, -0.05) is 13.8 Å². The molecule has 0 aliphatic rings. The topological polar surface area (TPSA) is 43.8 Å². The van der Waals surface area contributed by atoms with Crippen molar-refractivity contribution >= 4 is 0 Å². The first-order valence-electron chi connectivity index (χ1n) is 5.22. The monoisotopic (exact) mass is 195 g/mol. The third-order valence-corrected chi connectivity index (χ3v) is 2.80. The van der Waals surface area contributed by atoms with Crippen LogP contribution < -0.4 is 5.73 Å². The van der Waals surface area contributed by atoms with Crippen LogP contribution in [0.15, 0.2) is 12.3 Å². The van der Waals surface area contributed by atoms with Gasteiger partial charge in [0, 0.05) is 18.9 Å². The molecule has 0 saturated heterocycles. The normalized spacial score (nSPS) is 12.0. The lowest BCUT2D eigenvalue weighted by atomic mass is 9.84. The Balaban J connectivity index is 2.44. The quantitative estimate of drug-likeness (QED) is 0.777. The van der Waals surface area contributed by atoms with Crippen molar-refractivity contribution in [1.82, 2.24) is 9.78 Å². The average Bonchev–Trinajstić information content (AvgIpc) is 2.48. The summed E-state index contributed by atoms with van der Waals surface area (Å²) in [5, 5.41) is 4.16. The van der Waals surface area contributed by atoms with Gasteiger partial charge >= 0.3 is 0 Å². The highest BCUT2D eigenvalue weighted by atomic mass is 15.2. The fourth-order valence-electron chi connectivity index (χ4n) is 1.63. The molecule has 0 unspecified atom stereocenters. The van der Waals surface area contributed by atoms with E-state index in [9.17, 15) is 0 Å². The van der Waals surface area contributed by atoms with Gasteiger partial charge in [-0.15, -0.1) is 0 Å². The van der Waals surface area contributed by atoms with Crippen molar-refractivity contribution in [1.29, 1.82) is 0 Å². The zero-order valence-electron chi connectivity index (χ0n) is 9.45. The minimum Gasteiger partial charge on any atom is -0.330 e. The molecule has 0 aromatic carbocycles. The summed E-state index contributed by atoms with van der Waals surface area (Å²) in [7, 11) is 1.99. The summed E-state index contributed by atoms with van der Waals surface area (Å²) in [6.07, 6.45) is 5.20. The van der Waals surface area contributed by atoms with Gasteiger partial charge in [0.05, 0.1) is 0 Å². The van der Waals surface area contributed by atoms with Gasteiger partial charge in [-0.25, -0.2) is 0 Å². The number of hydrogen-bond donors (Lipinski definition) is 1. The highest BCUT2D eigenvalue weighted by Crippen LogP contribution is 2.25. The molecule has 1 aromatic rings. The molecular weight excluding hydrogens is 174 g/mol. The van der Waals surface area contributed by atoms with Crippen molar-refractivity contribution in [3.05, 3.63) is 18.0 Å². The lowest BCUT2D eigenvalue weighted by molar-refractivity contribution is 0.310. The van der Waals surface area contributed by atoms with Crippen LogP contribution >= 0.6 is 0 Å². The lowest BCUT2D eigenvalue weighted by Crippen LogP contribution is -2.18. The molecule has 0 aliphatic heterocycles. The first-order chi connectivity index (χ1) is 6.55. The molecule has 3 nitrogen and oxygen atoms in total. The second kappa shape index (κ2) is 4.60. The van der Waals surface area contributed by atoms with Crippen LogP contribution in [-0.2, 0) is 13.5 Å². The largest absolute Gasteiger partial charge is 0.330 e. The summed E-state index contributed by atoms with van der Waals surface area (Å²) in [4.78, 5) is 0. The Labute approximate surface area is 86.3 Å². The van der Waals surface area contributed by atoms with E-state index in [4.69, 9.17) is 5.73 Å². The first-order valence-corrected chi connectivity index (χ1v) is 5.22. The van der Waals surface area contributed by atoms with Crippen molar-refractivity contribution < 1.29 is 0 Å². The summed E-state index contributed by atoms with van der Waals surface area (Å²) in [5.74, 6) is 0. The van der Waals surface area contributed by atoms with Gasteiger partial charge in [0.15, 0.2) is 0 Å². The van der Waals surface area contributed by atoms with Crippen LogP contribution in [0.1, 0.15) is 32.4 Å². The summed E-state index contributed by atoms with van der Waals surface area (Å²) >= 11 is 0. The molecule has 1 rings (SSSR count). The van der Waals surface area contributed by atoms with E-state index in [0.717, 1.165) is 19.4 Å². The summed E-state index contributed by atoms with van der Waals surface area (Å²) in [6, 6.07) is 2.08. The fraction of sp³-hybridized carbons (Fsp3) is 0.727. The van der Waals surface area contributed by atoms with Crippen LogP contribution in [-0.4, -0.2) is 16.3 Å². The molecule has 1 heterocycles. The van der Waals surface area contributed by atoms with E-state index >= 15 is 0 Å². The Bertz CT molecular complexity index is 276. The number of rotatable bonds is 5. The van der Waals surface area contributed by atoms with E-state index in [1.165, 1.54) is 12.1 Å².